The third-order valence-corrected chi connectivity index (χ3v) is 7.30. The molecule has 132 valence electrons. The van der Waals surface area contributed by atoms with E-state index < -0.39 is 0 Å². The van der Waals surface area contributed by atoms with Crippen LogP contribution in [-0.2, 0) is 5.41 Å². The van der Waals surface area contributed by atoms with Crippen LogP contribution in [-0.4, -0.2) is 17.4 Å². The monoisotopic (exact) mass is 371 g/mol. The van der Waals surface area contributed by atoms with Gasteiger partial charge in [0.05, 0.1) is 4.58 Å². The van der Waals surface area contributed by atoms with Crippen molar-refractivity contribution in [3.63, 3.8) is 0 Å². The molecule has 0 bridgehead atoms. The Morgan fingerprint density at radius 2 is 1.56 bits per heavy atom. The Morgan fingerprint density at radius 1 is 0.960 bits per heavy atom. The zero-order valence-electron chi connectivity index (χ0n) is 15.0. The minimum atomic E-state index is -0.0565. The lowest BCUT2D eigenvalue weighted by molar-refractivity contribution is 0.102. The van der Waals surface area contributed by atoms with E-state index in [1.54, 1.807) is 0 Å². The average molecular weight is 372 g/mol. The third kappa shape index (κ3) is 4.83. The highest BCUT2D eigenvalue weighted by atomic mass is 32.2. The van der Waals surface area contributed by atoms with E-state index in [1.165, 1.54) is 29.1 Å². The molecule has 1 heterocycles. The Balaban J connectivity index is 1.64. The first-order valence-corrected chi connectivity index (χ1v) is 10.8. The van der Waals surface area contributed by atoms with Crippen LogP contribution in [0.4, 0.5) is 5.69 Å². The molecule has 1 saturated heterocycles. The fraction of sp³-hybridized carbons (Fsp3) is 0.381. The number of carbonyl (C=O) groups excluding carboxylic acids is 1. The van der Waals surface area contributed by atoms with Gasteiger partial charge >= 0.3 is 0 Å². The number of rotatable bonds is 3. The molecule has 0 radical (unpaired) electrons. The number of hydrogen-bond acceptors (Lipinski definition) is 3. The summed E-state index contributed by atoms with van der Waals surface area (Å²) in [4.78, 5) is 12.5. The molecule has 1 amide bonds. The molecule has 1 aliphatic heterocycles. The van der Waals surface area contributed by atoms with E-state index >= 15 is 0 Å². The summed E-state index contributed by atoms with van der Waals surface area (Å²) in [6, 6.07) is 16.2. The highest BCUT2D eigenvalue weighted by Crippen LogP contribution is 2.43. The van der Waals surface area contributed by atoms with Gasteiger partial charge in [0.25, 0.3) is 5.91 Å². The van der Waals surface area contributed by atoms with E-state index in [9.17, 15) is 4.79 Å². The molecule has 2 aromatic rings. The topological polar surface area (TPSA) is 29.1 Å². The molecule has 25 heavy (non-hydrogen) atoms. The minimum Gasteiger partial charge on any atom is -0.322 e. The molecule has 3 rings (SSSR count). The minimum absolute atomic E-state index is 0.0565. The summed E-state index contributed by atoms with van der Waals surface area (Å²) >= 11 is 4.00. The molecule has 0 aromatic heterocycles. The number of amides is 1. The number of hydrogen-bond donors (Lipinski definition) is 1. The first-order valence-electron chi connectivity index (χ1n) is 8.68. The van der Waals surface area contributed by atoms with E-state index in [0.717, 1.165) is 5.69 Å². The third-order valence-electron chi connectivity index (χ3n) is 4.28. The van der Waals surface area contributed by atoms with Gasteiger partial charge in [-0.2, -0.15) is 0 Å². The van der Waals surface area contributed by atoms with Crippen LogP contribution >= 0.6 is 23.5 Å². The largest absolute Gasteiger partial charge is 0.322 e. The van der Waals surface area contributed by atoms with Gasteiger partial charge < -0.3 is 5.32 Å². The lowest BCUT2D eigenvalue weighted by Gasteiger charge is -2.21. The van der Waals surface area contributed by atoms with Crippen LogP contribution in [0, 0.1) is 0 Å². The molecule has 2 aromatic carbocycles. The number of anilines is 1. The van der Waals surface area contributed by atoms with Crippen LogP contribution in [0.1, 0.15) is 53.3 Å². The molecule has 2 nitrogen and oxygen atoms in total. The van der Waals surface area contributed by atoms with Gasteiger partial charge in [-0.25, -0.2) is 0 Å². The van der Waals surface area contributed by atoms with Gasteiger partial charge in [0.15, 0.2) is 0 Å². The average Bonchev–Trinajstić information content (AvgIpc) is 2.62. The van der Waals surface area contributed by atoms with Crippen molar-refractivity contribution in [3.05, 3.63) is 65.2 Å². The van der Waals surface area contributed by atoms with Crippen LogP contribution in [0.25, 0.3) is 0 Å². The summed E-state index contributed by atoms with van der Waals surface area (Å²) in [7, 11) is 0. The molecule has 0 spiro atoms. The lowest BCUT2D eigenvalue weighted by atomic mass is 9.87. The lowest BCUT2D eigenvalue weighted by Crippen LogP contribution is -2.13. The Morgan fingerprint density at radius 3 is 2.12 bits per heavy atom. The van der Waals surface area contributed by atoms with Gasteiger partial charge in [0.2, 0.25) is 0 Å². The maximum absolute atomic E-state index is 12.5. The zero-order valence-corrected chi connectivity index (χ0v) is 16.7. The van der Waals surface area contributed by atoms with Crippen molar-refractivity contribution in [2.24, 2.45) is 0 Å². The zero-order chi connectivity index (χ0) is 17.9. The summed E-state index contributed by atoms with van der Waals surface area (Å²) in [5.41, 5.74) is 4.22. The SMILES string of the molecule is CC(C)(C)c1ccc(NC(=O)c2ccc(C3SCCCS3)cc2)cc1. The maximum atomic E-state index is 12.5. The fourth-order valence-corrected chi connectivity index (χ4v) is 5.62. The van der Waals surface area contributed by atoms with Crippen molar-refractivity contribution < 1.29 is 4.79 Å². The van der Waals surface area contributed by atoms with Gasteiger partial charge in [-0.3, -0.25) is 4.79 Å². The van der Waals surface area contributed by atoms with Crippen LogP contribution < -0.4 is 5.32 Å². The van der Waals surface area contributed by atoms with Crippen molar-refractivity contribution in [3.8, 4) is 0 Å². The Bertz CT molecular complexity index is 711. The van der Waals surface area contributed by atoms with Gasteiger partial charge in [0, 0.05) is 11.3 Å². The van der Waals surface area contributed by atoms with E-state index in [-0.39, 0.29) is 11.3 Å². The smallest absolute Gasteiger partial charge is 0.255 e. The number of thioether (sulfide) groups is 2. The van der Waals surface area contributed by atoms with Crippen molar-refractivity contribution >= 4 is 35.1 Å². The van der Waals surface area contributed by atoms with Gasteiger partial charge in [-0.05, 0) is 58.7 Å². The Kier molecular flexibility index (Phi) is 5.80. The highest BCUT2D eigenvalue weighted by molar-refractivity contribution is 8.16. The fourth-order valence-electron chi connectivity index (χ4n) is 2.73. The second kappa shape index (κ2) is 7.88. The van der Waals surface area contributed by atoms with Crippen LogP contribution in [0.5, 0.6) is 0 Å². The first kappa shape index (κ1) is 18.4. The Hall–Kier alpha value is -1.39. The summed E-state index contributed by atoms with van der Waals surface area (Å²) in [5, 5.41) is 2.99. The standard InChI is InChI=1S/C21H25NOS2/c1-21(2,3)17-9-11-18(12-10-17)22-19(23)15-5-7-16(8-6-15)20-24-13-4-14-25-20/h5-12,20H,4,13-14H2,1-3H3,(H,22,23). The Labute approximate surface area is 159 Å². The summed E-state index contributed by atoms with van der Waals surface area (Å²) in [5.74, 6) is 2.40. The van der Waals surface area contributed by atoms with E-state index in [0.29, 0.717) is 10.1 Å². The summed E-state index contributed by atoms with van der Waals surface area (Å²) in [6.45, 7) is 6.56. The number of nitrogens with one attached hydrogen (secondary N) is 1. The molecule has 0 aliphatic carbocycles. The molecule has 0 unspecified atom stereocenters. The quantitative estimate of drug-likeness (QED) is 0.706. The predicted octanol–water partition coefficient (Wildman–Crippen LogP) is 6.11. The molecule has 0 atom stereocenters. The molecular weight excluding hydrogens is 346 g/mol. The molecular formula is C21H25NOS2. The van der Waals surface area contributed by atoms with E-state index in [1.807, 2.05) is 47.8 Å². The van der Waals surface area contributed by atoms with E-state index in [4.69, 9.17) is 0 Å². The molecule has 1 aliphatic rings. The van der Waals surface area contributed by atoms with Crippen LogP contribution in [0.15, 0.2) is 48.5 Å². The van der Waals surface area contributed by atoms with E-state index in [2.05, 4.69) is 50.4 Å². The predicted molar refractivity (Wildman–Crippen MR) is 112 cm³/mol. The van der Waals surface area contributed by atoms with Crippen LogP contribution in [0.2, 0.25) is 0 Å². The van der Waals surface area contributed by atoms with Crippen molar-refractivity contribution in [2.75, 3.05) is 16.8 Å². The summed E-state index contributed by atoms with van der Waals surface area (Å²) in [6.07, 6.45) is 1.29. The van der Waals surface area contributed by atoms with Crippen molar-refractivity contribution in [2.45, 2.75) is 37.2 Å². The van der Waals surface area contributed by atoms with Gasteiger partial charge in [-0.1, -0.05) is 45.0 Å². The molecule has 0 saturated carbocycles. The summed E-state index contributed by atoms with van der Waals surface area (Å²) < 4.78 is 0.510. The number of carbonyl (C=O) groups is 1. The number of benzene rings is 2. The van der Waals surface area contributed by atoms with Gasteiger partial charge in [0.1, 0.15) is 0 Å². The molecule has 1 N–H and O–H groups in total. The van der Waals surface area contributed by atoms with Crippen molar-refractivity contribution in [1.29, 1.82) is 0 Å². The van der Waals surface area contributed by atoms with Gasteiger partial charge in [-0.15, -0.1) is 23.5 Å². The first-order chi connectivity index (χ1) is 11.9. The molecule has 1 fully saturated rings. The second-order valence-electron chi connectivity index (χ2n) is 7.33. The highest BCUT2D eigenvalue weighted by Gasteiger charge is 2.17. The van der Waals surface area contributed by atoms with Crippen molar-refractivity contribution in [1.82, 2.24) is 0 Å². The maximum Gasteiger partial charge on any atom is 0.255 e. The normalized spacial score (nSPS) is 15.8. The van der Waals surface area contributed by atoms with Crippen LogP contribution in [0.3, 0.4) is 0 Å². The molecule has 4 heteroatoms. The second-order valence-corrected chi connectivity index (χ2v) is 10.1.